The fourth-order valence-electron chi connectivity index (χ4n) is 1.92. The van der Waals surface area contributed by atoms with E-state index in [0.717, 1.165) is 11.1 Å². The van der Waals surface area contributed by atoms with Crippen molar-refractivity contribution in [1.29, 1.82) is 0 Å². The molecule has 0 unspecified atom stereocenters. The molecule has 0 atom stereocenters. The van der Waals surface area contributed by atoms with Crippen molar-refractivity contribution in [3.05, 3.63) is 59.7 Å². The summed E-state index contributed by atoms with van der Waals surface area (Å²) < 4.78 is 10.3. The average molecular weight is 315 g/mol. The summed E-state index contributed by atoms with van der Waals surface area (Å²) in [5, 5.41) is 12.6. The second kappa shape index (κ2) is 7.84. The van der Waals surface area contributed by atoms with E-state index in [1.54, 1.807) is 38.5 Å². The number of carboxylic acid groups (broad SMARTS) is 1. The predicted octanol–water partition coefficient (Wildman–Crippen LogP) is 2.56. The zero-order chi connectivity index (χ0) is 16.7. The summed E-state index contributed by atoms with van der Waals surface area (Å²) in [6.45, 7) is -0.504. The van der Waals surface area contributed by atoms with Gasteiger partial charge in [-0.3, -0.25) is 0 Å². The molecule has 0 spiro atoms. The molecule has 0 radical (unpaired) electrons. The predicted molar refractivity (Wildman–Crippen MR) is 85.2 cm³/mol. The molecule has 0 fully saturated rings. The van der Waals surface area contributed by atoms with E-state index in [-0.39, 0.29) is 0 Å². The number of rotatable bonds is 7. The first-order chi connectivity index (χ1) is 11.1. The molecule has 0 bridgehead atoms. The van der Waals surface area contributed by atoms with E-state index in [1.807, 2.05) is 24.3 Å². The molecule has 2 rings (SSSR count). The van der Waals surface area contributed by atoms with E-state index in [0.29, 0.717) is 17.2 Å². The first kappa shape index (κ1) is 16.4. The van der Waals surface area contributed by atoms with Crippen LogP contribution in [0.3, 0.4) is 0 Å². The summed E-state index contributed by atoms with van der Waals surface area (Å²) in [6, 6.07) is 14.5. The smallest absolute Gasteiger partial charge is 0.344 e. The van der Waals surface area contributed by atoms with Gasteiger partial charge >= 0.3 is 5.97 Å². The Morgan fingerprint density at radius 1 is 0.913 bits per heavy atom. The molecule has 120 valence electrons. The Morgan fingerprint density at radius 2 is 1.35 bits per heavy atom. The Morgan fingerprint density at radius 3 is 1.70 bits per heavy atom. The highest BCUT2D eigenvalue weighted by Crippen LogP contribution is 2.18. The van der Waals surface area contributed by atoms with Crippen LogP contribution in [0.2, 0.25) is 0 Å². The zero-order valence-electron chi connectivity index (χ0n) is 12.9. The van der Waals surface area contributed by atoms with Crippen LogP contribution in [0.15, 0.2) is 53.7 Å². The number of aliphatic carboxylic acids is 1. The van der Waals surface area contributed by atoms with Crippen molar-refractivity contribution in [3.8, 4) is 11.5 Å². The molecule has 1 N–H and O–H groups in total. The van der Waals surface area contributed by atoms with Crippen LogP contribution in [0.4, 0.5) is 0 Å². The first-order valence-corrected chi connectivity index (χ1v) is 6.84. The van der Waals surface area contributed by atoms with Gasteiger partial charge in [-0.25, -0.2) is 4.79 Å². The monoisotopic (exact) mass is 315 g/mol. The minimum absolute atomic E-state index is 0.504. The molecule has 6 heteroatoms. The summed E-state index contributed by atoms with van der Waals surface area (Å²) in [5.74, 6) is 0.348. The van der Waals surface area contributed by atoms with Gasteiger partial charge in [-0.15, -0.1) is 0 Å². The maximum Gasteiger partial charge on any atom is 0.344 e. The highest BCUT2D eigenvalue weighted by atomic mass is 16.6. The van der Waals surface area contributed by atoms with Gasteiger partial charge in [0, 0.05) is 11.1 Å². The number of benzene rings is 2. The van der Waals surface area contributed by atoms with Gasteiger partial charge in [-0.05, 0) is 48.5 Å². The van der Waals surface area contributed by atoms with Crippen LogP contribution in [-0.2, 0) is 9.63 Å². The van der Waals surface area contributed by atoms with Crippen molar-refractivity contribution in [1.82, 2.24) is 0 Å². The van der Waals surface area contributed by atoms with Gasteiger partial charge in [-0.1, -0.05) is 5.16 Å². The number of oxime groups is 1. The Kier molecular flexibility index (Phi) is 5.57. The van der Waals surface area contributed by atoms with E-state index in [9.17, 15) is 4.79 Å². The van der Waals surface area contributed by atoms with Crippen molar-refractivity contribution < 1.29 is 24.2 Å². The summed E-state index contributed by atoms with van der Waals surface area (Å²) in [6.07, 6.45) is 0. The number of ether oxygens (including phenoxy) is 2. The van der Waals surface area contributed by atoms with E-state index in [4.69, 9.17) is 19.4 Å². The molecule has 0 aliphatic carbocycles. The standard InChI is InChI=1S/C17H17NO5/c1-21-14-7-3-12(4-8-14)17(18-23-11-16(19)20)13-5-9-15(22-2)10-6-13/h3-10H,11H2,1-2H3,(H,19,20). The third kappa shape index (κ3) is 4.47. The van der Waals surface area contributed by atoms with Crippen LogP contribution in [-0.4, -0.2) is 37.6 Å². The third-order valence-electron chi connectivity index (χ3n) is 3.07. The topological polar surface area (TPSA) is 77.4 Å². The summed E-state index contributed by atoms with van der Waals surface area (Å²) in [7, 11) is 3.17. The van der Waals surface area contributed by atoms with Gasteiger partial charge < -0.3 is 19.4 Å². The molecule has 0 heterocycles. The van der Waals surface area contributed by atoms with Gasteiger partial charge in [0.15, 0.2) is 0 Å². The molecule has 0 saturated heterocycles. The maximum absolute atomic E-state index is 10.6. The van der Waals surface area contributed by atoms with Crippen molar-refractivity contribution in [2.45, 2.75) is 0 Å². The Balaban J connectivity index is 2.34. The SMILES string of the molecule is COc1ccc(C(=NOCC(=O)O)c2ccc(OC)cc2)cc1. The second-order valence-electron chi connectivity index (χ2n) is 4.56. The number of carbonyl (C=O) groups is 1. The number of hydrogen-bond donors (Lipinski definition) is 1. The normalized spacial score (nSPS) is 9.83. The molecular weight excluding hydrogens is 298 g/mol. The summed E-state index contributed by atoms with van der Waals surface area (Å²) >= 11 is 0. The maximum atomic E-state index is 10.6. The molecule has 6 nitrogen and oxygen atoms in total. The molecule has 0 aliphatic heterocycles. The van der Waals surface area contributed by atoms with Crippen LogP contribution in [0.5, 0.6) is 11.5 Å². The molecule has 0 amide bonds. The molecule has 2 aromatic carbocycles. The van der Waals surface area contributed by atoms with Gasteiger partial charge in [0.2, 0.25) is 6.61 Å². The second-order valence-corrected chi connectivity index (χ2v) is 4.56. The van der Waals surface area contributed by atoms with Gasteiger partial charge in [0.25, 0.3) is 0 Å². The van der Waals surface area contributed by atoms with Gasteiger partial charge in [-0.2, -0.15) is 0 Å². The minimum atomic E-state index is -1.09. The van der Waals surface area contributed by atoms with E-state index in [2.05, 4.69) is 5.16 Å². The first-order valence-electron chi connectivity index (χ1n) is 6.84. The fourth-order valence-corrected chi connectivity index (χ4v) is 1.92. The van der Waals surface area contributed by atoms with E-state index in [1.165, 1.54) is 0 Å². The van der Waals surface area contributed by atoms with Gasteiger partial charge in [0.1, 0.15) is 17.2 Å². The van der Waals surface area contributed by atoms with Crippen molar-refractivity contribution in [2.24, 2.45) is 5.16 Å². The largest absolute Gasteiger partial charge is 0.497 e. The Hall–Kier alpha value is -3.02. The van der Waals surface area contributed by atoms with E-state index < -0.39 is 12.6 Å². The van der Waals surface area contributed by atoms with Crippen LogP contribution >= 0.6 is 0 Å². The minimum Gasteiger partial charge on any atom is -0.497 e. The summed E-state index contributed by atoms with van der Waals surface area (Å²) in [5.41, 5.74) is 2.08. The van der Waals surface area contributed by atoms with Crippen molar-refractivity contribution in [3.63, 3.8) is 0 Å². The number of nitrogens with zero attached hydrogens (tertiary/aromatic N) is 1. The quantitative estimate of drug-likeness (QED) is 0.627. The lowest BCUT2D eigenvalue weighted by atomic mass is 10.0. The summed E-state index contributed by atoms with van der Waals surface area (Å²) in [4.78, 5) is 15.5. The molecule has 23 heavy (non-hydrogen) atoms. The molecule has 0 saturated carbocycles. The fraction of sp³-hybridized carbons (Fsp3) is 0.176. The molecule has 2 aromatic rings. The van der Waals surface area contributed by atoms with Crippen LogP contribution in [0.1, 0.15) is 11.1 Å². The van der Waals surface area contributed by atoms with Crippen LogP contribution in [0, 0.1) is 0 Å². The van der Waals surface area contributed by atoms with E-state index >= 15 is 0 Å². The molecule has 0 aromatic heterocycles. The lowest BCUT2D eigenvalue weighted by molar-refractivity contribution is -0.142. The van der Waals surface area contributed by atoms with Crippen LogP contribution < -0.4 is 9.47 Å². The average Bonchev–Trinajstić information content (AvgIpc) is 2.59. The third-order valence-corrected chi connectivity index (χ3v) is 3.07. The highest BCUT2D eigenvalue weighted by molar-refractivity contribution is 6.12. The number of hydrogen-bond acceptors (Lipinski definition) is 5. The Labute approximate surface area is 133 Å². The number of methoxy groups -OCH3 is 2. The highest BCUT2D eigenvalue weighted by Gasteiger charge is 2.09. The molecular formula is C17H17NO5. The number of carboxylic acids is 1. The lowest BCUT2D eigenvalue weighted by Crippen LogP contribution is -2.08. The van der Waals surface area contributed by atoms with Crippen molar-refractivity contribution in [2.75, 3.05) is 20.8 Å². The lowest BCUT2D eigenvalue weighted by Gasteiger charge is -2.09. The Bertz CT molecular complexity index is 628. The van der Waals surface area contributed by atoms with Crippen LogP contribution in [0.25, 0.3) is 0 Å². The molecule has 0 aliphatic rings. The van der Waals surface area contributed by atoms with Crippen molar-refractivity contribution >= 4 is 11.7 Å². The zero-order valence-corrected chi connectivity index (χ0v) is 12.9. The van der Waals surface area contributed by atoms with Gasteiger partial charge in [0.05, 0.1) is 14.2 Å².